The first-order valence-electron chi connectivity index (χ1n) is 5.21. The van der Waals surface area contributed by atoms with Gasteiger partial charge in [-0.25, -0.2) is 19.4 Å². The van der Waals surface area contributed by atoms with Crippen LogP contribution in [-0.4, -0.2) is 25.6 Å². The minimum atomic E-state index is -0.963. The zero-order chi connectivity index (χ0) is 11.8. The second-order valence-corrected chi connectivity index (χ2v) is 3.96. The van der Waals surface area contributed by atoms with Crippen molar-refractivity contribution in [3.63, 3.8) is 0 Å². The Kier molecular flexibility index (Phi) is 8.00. The van der Waals surface area contributed by atoms with E-state index in [1.807, 2.05) is 41.5 Å². The lowest BCUT2D eigenvalue weighted by Crippen LogP contribution is -2.32. The Morgan fingerprint density at radius 2 is 1.07 bits per heavy atom. The summed E-state index contributed by atoms with van der Waals surface area (Å²) in [5.41, 5.74) is 0. The summed E-state index contributed by atoms with van der Waals surface area (Å²) in [5, 5.41) is 0. The first kappa shape index (κ1) is 14.9. The first-order chi connectivity index (χ1) is 6.91. The van der Waals surface area contributed by atoms with Crippen LogP contribution < -0.4 is 0 Å². The van der Waals surface area contributed by atoms with Crippen LogP contribution in [0.5, 0.6) is 0 Å². The molecule has 0 aliphatic carbocycles. The molecule has 0 atom stereocenters. The fourth-order valence-electron chi connectivity index (χ4n) is 0.597. The van der Waals surface area contributed by atoms with Crippen LogP contribution in [0.25, 0.3) is 0 Å². The molecule has 6 heteroatoms. The highest BCUT2D eigenvalue weighted by molar-refractivity contribution is 6.35. The van der Waals surface area contributed by atoms with E-state index in [1.54, 1.807) is 0 Å². The number of hydrogen-bond donors (Lipinski definition) is 0. The Balaban J connectivity index is 3.84. The van der Waals surface area contributed by atoms with Crippen LogP contribution in [0, 0.1) is 0 Å². The average Bonchev–Trinajstić information content (AvgIpc) is 2.08. The van der Waals surface area contributed by atoms with Gasteiger partial charge in [0.2, 0.25) is 0 Å². The van der Waals surface area contributed by atoms with Crippen LogP contribution in [0.4, 0.5) is 0 Å². The van der Waals surface area contributed by atoms with Gasteiger partial charge in [0.25, 0.3) is 0 Å². The van der Waals surface area contributed by atoms with Crippen molar-refractivity contribution in [2.75, 3.05) is 0 Å². The molecule has 0 radical (unpaired) electrons. The van der Waals surface area contributed by atoms with E-state index in [0.717, 1.165) is 0 Å². The zero-order valence-corrected chi connectivity index (χ0v) is 10.4. The van der Waals surface area contributed by atoms with Crippen molar-refractivity contribution in [1.29, 1.82) is 0 Å². The highest BCUT2D eigenvalue weighted by Crippen LogP contribution is 2.03. The van der Waals surface area contributed by atoms with Gasteiger partial charge in [-0.15, -0.1) is 0 Å². The molecule has 0 N–H and O–H groups in total. The lowest BCUT2D eigenvalue weighted by atomic mass is 10.2. The third-order valence-corrected chi connectivity index (χ3v) is 1.04. The third kappa shape index (κ3) is 10.2. The summed E-state index contributed by atoms with van der Waals surface area (Å²) in [4.78, 5) is 19.6. The molecule has 0 fully saturated rings. The van der Waals surface area contributed by atoms with Crippen LogP contribution in [0.1, 0.15) is 41.5 Å². The Bertz CT molecular complexity index is 139. The quantitative estimate of drug-likeness (QED) is 0.356. The van der Waals surface area contributed by atoms with Crippen LogP contribution in [0.15, 0.2) is 0 Å². The van der Waals surface area contributed by atoms with Gasteiger partial charge in [0, 0.05) is 6.10 Å². The van der Waals surface area contributed by atoms with Crippen LogP contribution in [0.2, 0.25) is 0 Å². The summed E-state index contributed by atoms with van der Waals surface area (Å²) in [5.74, 6) is 0. The van der Waals surface area contributed by atoms with E-state index in [-0.39, 0.29) is 18.3 Å². The van der Waals surface area contributed by atoms with Crippen molar-refractivity contribution >= 4 is 7.32 Å². The molecule has 0 saturated carbocycles. The molecule has 0 aliphatic rings. The largest absolute Gasteiger partial charge is 0.696 e. The predicted octanol–water partition coefficient (Wildman–Crippen LogP) is 2.11. The molecule has 0 bridgehead atoms. The SMILES string of the molecule is CC(C)OOB(OOC(C)C)OC(C)C. The molecule has 0 aromatic carbocycles. The maximum Gasteiger partial charge on any atom is 0.696 e. The summed E-state index contributed by atoms with van der Waals surface area (Å²) in [6.07, 6.45) is -0.168. The van der Waals surface area contributed by atoms with Gasteiger partial charge in [0.05, 0.1) is 12.2 Å². The maximum absolute atomic E-state index is 5.26. The smallest absolute Gasteiger partial charge is 0.381 e. The van der Waals surface area contributed by atoms with E-state index in [4.69, 9.17) is 24.0 Å². The monoisotopic (exact) mass is 220 g/mol. The Labute approximate surface area is 92.0 Å². The van der Waals surface area contributed by atoms with E-state index >= 15 is 0 Å². The second kappa shape index (κ2) is 8.07. The van der Waals surface area contributed by atoms with Crippen LogP contribution in [-0.2, 0) is 24.0 Å². The summed E-state index contributed by atoms with van der Waals surface area (Å²) in [6, 6.07) is 0. The van der Waals surface area contributed by atoms with E-state index in [0.29, 0.717) is 0 Å². The molecule has 0 amide bonds. The second-order valence-electron chi connectivity index (χ2n) is 3.96. The van der Waals surface area contributed by atoms with Crippen molar-refractivity contribution in [2.45, 2.75) is 59.9 Å². The Hall–Kier alpha value is -0.135. The normalized spacial score (nSPS) is 11.8. The van der Waals surface area contributed by atoms with Gasteiger partial charge in [-0.2, -0.15) is 0 Å². The molecule has 5 nitrogen and oxygen atoms in total. The predicted molar refractivity (Wildman–Crippen MR) is 56.6 cm³/mol. The molecule has 0 aliphatic heterocycles. The van der Waals surface area contributed by atoms with E-state index in [9.17, 15) is 0 Å². The molecule has 0 rings (SSSR count). The maximum atomic E-state index is 5.26. The fraction of sp³-hybridized carbons (Fsp3) is 1.00. The lowest BCUT2D eigenvalue weighted by molar-refractivity contribution is -0.325. The minimum absolute atomic E-state index is 0.0403. The molecule has 0 spiro atoms. The molecular formula is C9H21BO5. The van der Waals surface area contributed by atoms with Crippen LogP contribution >= 0.6 is 0 Å². The van der Waals surface area contributed by atoms with Crippen molar-refractivity contribution in [3.05, 3.63) is 0 Å². The summed E-state index contributed by atoms with van der Waals surface area (Å²) in [6.45, 7) is 11.1. The molecule has 0 aromatic rings. The van der Waals surface area contributed by atoms with E-state index in [2.05, 4.69) is 0 Å². The molecular weight excluding hydrogens is 199 g/mol. The van der Waals surface area contributed by atoms with Gasteiger partial charge < -0.3 is 4.65 Å². The molecule has 0 aromatic heterocycles. The van der Waals surface area contributed by atoms with Gasteiger partial charge in [0.15, 0.2) is 0 Å². The Morgan fingerprint density at radius 3 is 1.33 bits per heavy atom. The first-order valence-corrected chi connectivity index (χ1v) is 5.21. The van der Waals surface area contributed by atoms with Gasteiger partial charge in [0.1, 0.15) is 0 Å². The number of rotatable bonds is 8. The van der Waals surface area contributed by atoms with Crippen molar-refractivity contribution in [3.8, 4) is 0 Å². The zero-order valence-electron chi connectivity index (χ0n) is 10.4. The minimum Gasteiger partial charge on any atom is -0.381 e. The van der Waals surface area contributed by atoms with Crippen LogP contribution in [0.3, 0.4) is 0 Å². The molecule has 0 heterocycles. The highest BCUT2D eigenvalue weighted by atomic mass is 17.3. The highest BCUT2D eigenvalue weighted by Gasteiger charge is 2.27. The molecule has 90 valence electrons. The van der Waals surface area contributed by atoms with Gasteiger partial charge in [-0.1, -0.05) is 0 Å². The molecule has 0 unspecified atom stereocenters. The fourth-order valence-corrected chi connectivity index (χ4v) is 0.597. The Morgan fingerprint density at radius 1 is 0.667 bits per heavy atom. The van der Waals surface area contributed by atoms with E-state index in [1.165, 1.54) is 0 Å². The van der Waals surface area contributed by atoms with Crippen molar-refractivity contribution in [2.24, 2.45) is 0 Å². The summed E-state index contributed by atoms with van der Waals surface area (Å²) >= 11 is 0. The molecule has 0 saturated heterocycles. The van der Waals surface area contributed by atoms with Gasteiger partial charge >= 0.3 is 7.32 Å². The molecule has 15 heavy (non-hydrogen) atoms. The van der Waals surface area contributed by atoms with Gasteiger partial charge in [-0.05, 0) is 41.5 Å². The lowest BCUT2D eigenvalue weighted by Gasteiger charge is -2.17. The third-order valence-electron chi connectivity index (χ3n) is 1.04. The number of hydrogen-bond acceptors (Lipinski definition) is 5. The van der Waals surface area contributed by atoms with E-state index < -0.39 is 7.32 Å². The topological polar surface area (TPSA) is 46.2 Å². The average molecular weight is 220 g/mol. The summed E-state index contributed by atoms with van der Waals surface area (Å²) < 4.78 is 5.26. The summed E-state index contributed by atoms with van der Waals surface area (Å²) in [7, 11) is -0.963. The van der Waals surface area contributed by atoms with Crippen molar-refractivity contribution < 1.29 is 24.0 Å². The van der Waals surface area contributed by atoms with Gasteiger partial charge in [-0.3, -0.25) is 0 Å². The standard InChI is InChI=1S/C9H21BO5/c1-7(2)11-10(14-12-8(3)4)15-13-9(5)6/h7-9H,1-6H3. The van der Waals surface area contributed by atoms with Crippen molar-refractivity contribution in [1.82, 2.24) is 0 Å².